The zero-order valence-corrected chi connectivity index (χ0v) is 10.1. The van der Waals surface area contributed by atoms with Crippen LogP contribution in [0.5, 0.6) is 0 Å². The van der Waals surface area contributed by atoms with Crippen molar-refractivity contribution in [2.45, 2.75) is 13.8 Å². The lowest BCUT2D eigenvalue weighted by molar-refractivity contribution is 0.0950. The van der Waals surface area contributed by atoms with Crippen LogP contribution in [0.15, 0.2) is 35.7 Å². The van der Waals surface area contributed by atoms with E-state index in [9.17, 15) is 4.79 Å². The molecule has 18 heavy (non-hydrogen) atoms. The SMILES string of the molecule is C/C(=N/NC(=O)c1cc(C)[nH]n1)c1cccnc1. The number of aromatic nitrogens is 3. The minimum Gasteiger partial charge on any atom is -0.282 e. The Kier molecular flexibility index (Phi) is 3.47. The van der Waals surface area contributed by atoms with Gasteiger partial charge in [0.25, 0.3) is 5.91 Å². The van der Waals surface area contributed by atoms with Crippen molar-refractivity contribution >= 4 is 11.6 Å². The first-order valence-corrected chi connectivity index (χ1v) is 5.44. The number of rotatable bonds is 3. The molecule has 0 spiro atoms. The molecule has 0 saturated carbocycles. The summed E-state index contributed by atoms with van der Waals surface area (Å²) in [6, 6.07) is 5.34. The van der Waals surface area contributed by atoms with Gasteiger partial charge in [-0.1, -0.05) is 6.07 Å². The Morgan fingerprint density at radius 2 is 2.33 bits per heavy atom. The van der Waals surface area contributed by atoms with Crippen molar-refractivity contribution in [1.82, 2.24) is 20.6 Å². The molecule has 0 aliphatic heterocycles. The average molecular weight is 243 g/mol. The van der Waals surface area contributed by atoms with E-state index in [1.165, 1.54) is 0 Å². The van der Waals surface area contributed by atoms with Crippen molar-refractivity contribution in [3.05, 3.63) is 47.5 Å². The average Bonchev–Trinajstić information content (AvgIpc) is 2.83. The van der Waals surface area contributed by atoms with E-state index in [0.717, 1.165) is 11.3 Å². The molecule has 0 fully saturated rings. The first-order chi connectivity index (χ1) is 8.66. The molecule has 2 rings (SSSR count). The standard InChI is InChI=1S/C12H13N5O/c1-8-6-11(16-14-8)12(18)17-15-9(2)10-4-3-5-13-7-10/h3-7H,1-2H3,(H,14,16)(H,17,18)/b15-9-. The van der Waals surface area contributed by atoms with E-state index in [1.807, 2.05) is 19.1 Å². The van der Waals surface area contributed by atoms with Crippen LogP contribution in [0.1, 0.15) is 28.7 Å². The second-order valence-electron chi connectivity index (χ2n) is 3.82. The predicted molar refractivity (Wildman–Crippen MR) is 67.2 cm³/mol. The highest BCUT2D eigenvalue weighted by Gasteiger charge is 2.08. The lowest BCUT2D eigenvalue weighted by Gasteiger charge is -2.00. The summed E-state index contributed by atoms with van der Waals surface area (Å²) in [6.45, 7) is 3.63. The Hall–Kier alpha value is -2.50. The van der Waals surface area contributed by atoms with Gasteiger partial charge in [-0.2, -0.15) is 10.2 Å². The summed E-state index contributed by atoms with van der Waals surface area (Å²) in [6.07, 6.45) is 3.37. The second kappa shape index (κ2) is 5.22. The summed E-state index contributed by atoms with van der Waals surface area (Å²) in [5.41, 5.74) is 5.13. The number of aryl methyl sites for hydroxylation is 1. The lowest BCUT2D eigenvalue weighted by Crippen LogP contribution is -2.19. The zero-order chi connectivity index (χ0) is 13.0. The van der Waals surface area contributed by atoms with Gasteiger partial charge in [-0.25, -0.2) is 5.43 Å². The van der Waals surface area contributed by atoms with Crippen molar-refractivity contribution in [1.29, 1.82) is 0 Å². The molecule has 6 heteroatoms. The van der Waals surface area contributed by atoms with Crippen LogP contribution in [-0.2, 0) is 0 Å². The van der Waals surface area contributed by atoms with Crippen molar-refractivity contribution in [2.24, 2.45) is 5.10 Å². The third kappa shape index (κ3) is 2.79. The molecular weight excluding hydrogens is 230 g/mol. The highest BCUT2D eigenvalue weighted by Crippen LogP contribution is 1.99. The van der Waals surface area contributed by atoms with Crippen LogP contribution in [0.2, 0.25) is 0 Å². The van der Waals surface area contributed by atoms with Gasteiger partial charge in [0.15, 0.2) is 5.69 Å². The number of hydrogen-bond donors (Lipinski definition) is 2. The highest BCUT2D eigenvalue weighted by atomic mass is 16.2. The van der Waals surface area contributed by atoms with Gasteiger partial charge in [0.2, 0.25) is 0 Å². The number of H-pyrrole nitrogens is 1. The molecule has 0 aliphatic rings. The van der Waals surface area contributed by atoms with Gasteiger partial charge in [0, 0.05) is 23.7 Å². The van der Waals surface area contributed by atoms with Gasteiger partial charge >= 0.3 is 0 Å². The number of hydrogen-bond acceptors (Lipinski definition) is 4. The molecule has 2 aromatic heterocycles. The molecule has 0 atom stereocenters. The fraction of sp³-hybridized carbons (Fsp3) is 0.167. The van der Waals surface area contributed by atoms with Crippen LogP contribution in [0, 0.1) is 6.92 Å². The van der Waals surface area contributed by atoms with Crippen molar-refractivity contribution < 1.29 is 4.79 Å². The Balaban J connectivity index is 2.05. The minimum absolute atomic E-state index is 0.315. The van der Waals surface area contributed by atoms with Crippen molar-refractivity contribution in [2.75, 3.05) is 0 Å². The minimum atomic E-state index is -0.345. The quantitative estimate of drug-likeness (QED) is 0.629. The van der Waals surface area contributed by atoms with E-state index in [0.29, 0.717) is 11.4 Å². The number of aromatic amines is 1. The summed E-state index contributed by atoms with van der Waals surface area (Å²) < 4.78 is 0. The Bertz CT molecular complexity index is 573. The van der Waals surface area contributed by atoms with Gasteiger partial charge in [-0.15, -0.1) is 0 Å². The normalized spacial score (nSPS) is 11.3. The highest BCUT2D eigenvalue weighted by molar-refractivity contribution is 6.00. The van der Waals surface area contributed by atoms with Gasteiger partial charge in [0.05, 0.1) is 5.71 Å². The fourth-order valence-electron chi connectivity index (χ4n) is 1.37. The molecule has 0 radical (unpaired) electrons. The molecule has 2 heterocycles. The van der Waals surface area contributed by atoms with Crippen molar-refractivity contribution in [3.8, 4) is 0 Å². The third-order valence-corrected chi connectivity index (χ3v) is 2.34. The van der Waals surface area contributed by atoms with Crippen LogP contribution in [0.3, 0.4) is 0 Å². The fourth-order valence-corrected chi connectivity index (χ4v) is 1.37. The number of amides is 1. The number of pyridine rings is 1. The van der Waals surface area contributed by atoms with Gasteiger partial charge < -0.3 is 0 Å². The number of carbonyl (C=O) groups is 1. The van der Waals surface area contributed by atoms with E-state index < -0.39 is 0 Å². The van der Waals surface area contributed by atoms with E-state index >= 15 is 0 Å². The predicted octanol–water partition coefficient (Wildman–Crippen LogP) is 1.27. The van der Waals surface area contributed by atoms with E-state index in [-0.39, 0.29) is 5.91 Å². The van der Waals surface area contributed by atoms with E-state index in [4.69, 9.17) is 0 Å². The molecule has 0 aromatic carbocycles. The molecule has 0 bridgehead atoms. The molecule has 92 valence electrons. The van der Waals surface area contributed by atoms with Gasteiger partial charge in [-0.3, -0.25) is 14.9 Å². The number of carbonyl (C=O) groups excluding carboxylic acids is 1. The monoisotopic (exact) mass is 243 g/mol. The number of hydrazone groups is 1. The number of nitrogens with one attached hydrogen (secondary N) is 2. The first kappa shape index (κ1) is 12.0. The molecule has 2 aromatic rings. The summed E-state index contributed by atoms with van der Waals surface area (Å²) in [5.74, 6) is -0.345. The Morgan fingerprint density at radius 1 is 1.50 bits per heavy atom. The summed E-state index contributed by atoms with van der Waals surface area (Å²) in [4.78, 5) is 15.7. The molecular formula is C12H13N5O. The van der Waals surface area contributed by atoms with Gasteiger partial charge in [-0.05, 0) is 26.0 Å². The van der Waals surface area contributed by atoms with Gasteiger partial charge in [0.1, 0.15) is 0 Å². The smallest absolute Gasteiger partial charge is 0.282 e. The maximum Gasteiger partial charge on any atom is 0.291 e. The largest absolute Gasteiger partial charge is 0.291 e. The Labute approximate surface area is 104 Å². The van der Waals surface area contributed by atoms with Crippen LogP contribution < -0.4 is 5.43 Å². The molecule has 0 aliphatic carbocycles. The second-order valence-corrected chi connectivity index (χ2v) is 3.82. The van der Waals surface area contributed by atoms with Crippen LogP contribution in [0.4, 0.5) is 0 Å². The van der Waals surface area contributed by atoms with E-state index in [1.54, 1.807) is 25.4 Å². The topological polar surface area (TPSA) is 83.0 Å². The van der Waals surface area contributed by atoms with Crippen LogP contribution >= 0.6 is 0 Å². The zero-order valence-electron chi connectivity index (χ0n) is 10.1. The van der Waals surface area contributed by atoms with Crippen LogP contribution in [-0.4, -0.2) is 26.8 Å². The lowest BCUT2D eigenvalue weighted by atomic mass is 10.2. The third-order valence-electron chi connectivity index (χ3n) is 2.34. The first-order valence-electron chi connectivity index (χ1n) is 5.44. The molecule has 0 unspecified atom stereocenters. The molecule has 1 amide bonds. The molecule has 2 N–H and O–H groups in total. The molecule has 6 nitrogen and oxygen atoms in total. The molecule has 0 saturated heterocycles. The summed E-state index contributed by atoms with van der Waals surface area (Å²) >= 11 is 0. The summed E-state index contributed by atoms with van der Waals surface area (Å²) in [5, 5.41) is 10.6. The Morgan fingerprint density at radius 3 is 2.94 bits per heavy atom. The van der Waals surface area contributed by atoms with E-state index in [2.05, 4.69) is 25.7 Å². The van der Waals surface area contributed by atoms with Crippen LogP contribution in [0.25, 0.3) is 0 Å². The van der Waals surface area contributed by atoms with Crippen molar-refractivity contribution in [3.63, 3.8) is 0 Å². The number of nitrogens with zero attached hydrogens (tertiary/aromatic N) is 3. The summed E-state index contributed by atoms with van der Waals surface area (Å²) in [7, 11) is 0. The maximum atomic E-state index is 11.7. The maximum absolute atomic E-state index is 11.7.